The molecule has 1 aromatic carbocycles. The predicted octanol–water partition coefficient (Wildman–Crippen LogP) is 1.21. The van der Waals surface area contributed by atoms with Gasteiger partial charge in [0, 0.05) is 11.8 Å². The number of ether oxygens (including phenoxy) is 1. The zero-order chi connectivity index (χ0) is 21.3. The van der Waals surface area contributed by atoms with Crippen molar-refractivity contribution in [1.29, 1.82) is 0 Å². The number of aromatic nitrogens is 2. The van der Waals surface area contributed by atoms with Crippen molar-refractivity contribution in [3.8, 4) is 0 Å². The summed E-state index contributed by atoms with van der Waals surface area (Å²) in [4.78, 5) is 25.6. The van der Waals surface area contributed by atoms with Gasteiger partial charge in [0.2, 0.25) is 6.10 Å². The monoisotopic (exact) mass is 413 g/mol. The molecule has 0 saturated carbocycles. The number of benzene rings is 1. The first-order valence-electron chi connectivity index (χ1n) is 10.6. The number of rotatable bonds is 7. The maximum absolute atomic E-state index is 12.6. The van der Waals surface area contributed by atoms with E-state index in [9.17, 15) is 14.7 Å². The summed E-state index contributed by atoms with van der Waals surface area (Å²) in [5.41, 5.74) is 6.81. The number of carboxylic acids is 1. The van der Waals surface area contributed by atoms with Crippen LogP contribution in [0.15, 0.2) is 18.5 Å². The van der Waals surface area contributed by atoms with Crippen LogP contribution in [0.4, 0.5) is 10.5 Å². The quantitative estimate of drug-likeness (QED) is 0.634. The first-order valence-corrected chi connectivity index (χ1v) is 10.6. The van der Waals surface area contributed by atoms with Gasteiger partial charge in [-0.05, 0) is 60.8 Å². The van der Waals surface area contributed by atoms with Crippen LogP contribution in [0.25, 0.3) is 0 Å². The summed E-state index contributed by atoms with van der Waals surface area (Å²) in [7, 11) is 4.06. The van der Waals surface area contributed by atoms with Crippen molar-refractivity contribution in [1.82, 2.24) is 9.78 Å². The number of amides is 1. The van der Waals surface area contributed by atoms with Gasteiger partial charge in [-0.15, -0.1) is 0 Å². The number of fused-ring (bicyclic) bond motifs is 2. The standard InChI is InChI=1S/C22H28N4O4/c1-25(2)11-14-10-23-26(12-14)13-19(21(27)28)30-22(29)24-20-17-7-3-5-15(17)9-16-6-4-8-18(16)20/h9-10,12,19H,3-8,11,13H2,1-2H3,(H,24,29)(H,27,28)/p+1/t19-/m1/s1. The van der Waals surface area contributed by atoms with Gasteiger partial charge in [-0.1, -0.05) is 6.07 Å². The molecule has 2 aromatic rings. The Balaban J connectivity index is 1.46. The topological polar surface area (TPSA) is 97.9 Å². The number of quaternary nitrogens is 1. The molecule has 0 bridgehead atoms. The Kier molecular flexibility index (Phi) is 5.76. The first-order chi connectivity index (χ1) is 14.4. The lowest BCUT2D eigenvalue weighted by Gasteiger charge is -2.18. The first kappa shape index (κ1) is 20.4. The molecule has 0 radical (unpaired) electrons. The summed E-state index contributed by atoms with van der Waals surface area (Å²) >= 11 is 0. The molecule has 8 heteroatoms. The second-order valence-electron chi connectivity index (χ2n) is 8.55. The third-order valence-electron chi connectivity index (χ3n) is 5.82. The molecule has 2 aliphatic carbocycles. The van der Waals surface area contributed by atoms with E-state index < -0.39 is 18.2 Å². The highest BCUT2D eigenvalue weighted by atomic mass is 16.6. The van der Waals surface area contributed by atoms with Crippen LogP contribution in [-0.2, 0) is 48.3 Å². The predicted molar refractivity (Wildman–Crippen MR) is 111 cm³/mol. The van der Waals surface area contributed by atoms with Crippen molar-refractivity contribution < 1.29 is 24.3 Å². The fraction of sp³-hybridized carbons (Fsp3) is 0.500. The maximum atomic E-state index is 12.6. The van der Waals surface area contributed by atoms with Crippen molar-refractivity contribution in [2.24, 2.45) is 0 Å². The van der Waals surface area contributed by atoms with Crippen LogP contribution in [0.1, 0.15) is 40.7 Å². The highest BCUT2D eigenvalue weighted by Crippen LogP contribution is 2.38. The number of aliphatic carboxylic acids is 1. The molecular formula is C22H29N4O4+. The van der Waals surface area contributed by atoms with Gasteiger partial charge in [0.15, 0.2) is 0 Å². The minimum Gasteiger partial charge on any atom is -0.478 e. The molecule has 1 heterocycles. The Labute approximate surface area is 175 Å². The number of hydrogen-bond acceptors (Lipinski definition) is 4. The molecule has 4 rings (SSSR count). The van der Waals surface area contributed by atoms with E-state index in [1.54, 1.807) is 12.4 Å². The van der Waals surface area contributed by atoms with Gasteiger partial charge in [-0.2, -0.15) is 5.10 Å². The Morgan fingerprint density at radius 1 is 1.20 bits per heavy atom. The van der Waals surface area contributed by atoms with E-state index in [4.69, 9.17) is 4.74 Å². The number of aryl methyl sites for hydroxylation is 2. The van der Waals surface area contributed by atoms with Crippen molar-refractivity contribution in [2.45, 2.75) is 57.7 Å². The molecule has 8 nitrogen and oxygen atoms in total. The lowest BCUT2D eigenvalue weighted by atomic mass is 9.99. The molecular weight excluding hydrogens is 384 g/mol. The zero-order valence-electron chi connectivity index (χ0n) is 17.5. The molecule has 0 unspecified atom stereocenters. The van der Waals surface area contributed by atoms with Crippen molar-refractivity contribution in [3.63, 3.8) is 0 Å². The van der Waals surface area contributed by atoms with E-state index in [0.717, 1.165) is 56.3 Å². The molecule has 0 fully saturated rings. The van der Waals surface area contributed by atoms with Crippen LogP contribution in [0.2, 0.25) is 0 Å². The van der Waals surface area contributed by atoms with E-state index in [0.29, 0.717) is 0 Å². The molecule has 1 atom stereocenters. The largest absolute Gasteiger partial charge is 0.478 e. The number of carboxylic acid groups (broad SMARTS) is 1. The van der Waals surface area contributed by atoms with Gasteiger partial charge in [-0.25, -0.2) is 9.59 Å². The summed E-state index contributed by atoms with van der Waals surface area (Å²) < 4.78 is 6.83. The van der Waals surface area contributed by atoms with Gasteiger partial charge in [0.05, 0.1) is 32.5 Å². The van der Waals surface area contributed by atoms with Gasteiger partial charge in [-0.3, -0.25) is 10.00 Å². The van der Waals surface area contributed by atoms with E-state index in [2.05, 4.69) is 16.5 Å². The van der Waals surface area contributed by atoms with E-state index >= 15 is 0 Å². The van der Waals surface area contributed by atoms with Crippen LogP contribution in [0.3, 0.4) is 0 Å². The highest BCUT2D eigenvalue weighted by Gasteiger charge is 2.28. The number of nitrogens with zero attached hydrogens (tertiary/aromatic N) is 2. The summed E-state index contributed by atoms with van der Waals surface area (Å²) in [5, 5.41) is 16.7. The maximum Gasteiger partial charge on any atom is 0.412 e. The van der Waals surface area contributed by atoms with Crippen LogP contribution >= 0.6 is 0 Å². The molecule has 30 heavy (non-hydrogen) atoms. The minimum absolute atomic E-state index is 0.0312. The molecule has 0 aliphatic heterocycles. The highest BCUT2D eigenvalue weighted by molar-refractivity contribution is 5.90. The normalized spacial score (nSPS) is 15.7. The molecule has 0 spiro atoms. The molecule has 2 aliphatic rings. The van der Waals surface area contributed by atoms with Crippen LogP contribution < -0.4 is 10.2 Å². The van der Waals surface area contributed by atoms with E-state index in [1.807, 2.05) is 14.1 Å². The molecule has 1 amide bonds. The Bertz CT molecular complexity index is 934. The number of carbonyl (C=O) groups excluding carboxylic acids is 1. The minimum atomic E-state index is -1.31. The summed E-state index contributed by atoms with van der Waals surface area (Å²) in [6, 6.07) is 2.28. The summed E-state index contributed by atoms with van der Waals surface area (Å²) in [6.07, 6.45) is 7.56. The van der Waals surface area contributed by atoms with Crippen LogP contribution in [-0.4, -0.2) is 47.1 Å². The van der Waals surface area contributed by atoms with Gasteiger partial charge >= 0.3 is 12.1 Å². The summed E-state index contributed by atoms with van der Waals surface area (Å²) in [5.74, 6) is -1.19. The van der Waals surface area contributed by atoms with Crippen molar-refractivity contribution >= 4 is 17.7 Å². The SMILES string of the molecule is C[NH+](C)Cc1cnn(C[C@@H](OC(=O)Nc2c3c(cc4c2CCC4)CCC3)C(=O)O)c1. The summed E-state index contributed by atoms with van der Waals surface area (Å²) in [6.45, 7) is 0.750. The smallest absolute Gasteiger partial charge is 0.412 e. The molecule has 160 valence electrons. The average molecular weight is 413 g/mol. The molecule has 3 N–H and O–H groups in total. The second kappa shape index (κ2) is 8.47. The zero-order valence-corrected chi connectivity index (χ0v) is 17.5. The Morgan fingerprint density at radius 3 is 2.47 bits per heavy atom. The van der Waals surface area contributed by atoms with Crippen LogP contribution in [0.5, 0.6) is 0 Å². The Hall–Kier alpha value is -2.87. The van der Waals surface area contributed by atoms with Gasteiger partial charge in [0.25, 0.3) is 0 Å². The fourth-order valence-corrected chi connectivity index (χ4v) is 4.57. The lowest BCUT2D eigenvalue weighted by molar-refractivity contribution is -0.872. The lowest BCUT2D eigenvalue weighted by Crippen LogP contribution is -3.04. The number of nitrogens with one attached hydrogen (secondary N) is 2. The van der Waals surface area contributed by atoms with Crippen molar-refractivity contribution in [3.05, 3.63) is 46.3 Å². The molecule has 0 saturated heterocycles. The number of carbonyl (C=O) groups is 2. The molecule has 1 aromatic heterocycles. The number of hydrogen-bond donors (Lipinski definition) is 3. The van der Waals surface area contributed by atoms with E-state index in [1.165, 1.54) is 31.8 Å². The number of anilines is 1. The van der Waals surface area contributed by atoms with Crippen molar-refractivity contribution in [2.75, 3.05) is 19.4 Å². The average Bonchev–Trinajstić information content (AvgIpc) is 3.41. The fourth-order valence-electron chi connectivity index (χ4n) is 4.57. The third kappa shape index (κ3) is 4.33. The van der Waals surface area contributed by atoms with Gasteiger partial charge < -0.3 is 14.7 Å². The van der Waals surface area contributed by atoms with E-state index in [-0.39, 0.29) is 6.54 Å². The second-order valence-corrected chi connectivity index (χ2v) is 8.55. The third-order valence-corrected chi connectivity index (χ3v) is 5.82. The van der Waals surface area contributed by atoms with Gasteiger partial charge in [0.1, 0.15) is 6.54 Å². The van der Waals surface area contributed by atoms with Crippen LogP contribution in [0, 0.1) is 0 Å². The Morgan fingerprint density at radius 2 is 1.87 bits per heavy atom.